The van der Waals surface area contributed by atoms with Crippen molar-refractivity contribution < 1.29 is 23.1 Å². The summed E-state index contributed by atoms with van der Waals surface area (Å²) >= 11 is 0.823. The normalized spacial score (nSPS) is 18.4. The standard InChI is InChI=1S/C9H12N2O5S2/c12-8(13)7-9(17-6-10-7)18(14,15)11-2-1-4-16-5-3-11/h6H,1-5H2,(H,12,13). The summed E-state index contributed by atoms with van der Waals surface area (Å²) in [6.07, 6.45) is 0.598. The second-order valence-corrected chi connectivity index (χ2v) is 6.65. The molecule has 9 heteroatoms. The summed E-state index contributed by atoms with van der Waals surface area (Å²) in [6.45, 7) is 1.40. The Kier molecular flexibility index (Phi) is 3.95. The number of nitrogens with zero attached hydrogens (tertiary/aromatic N) is 2. The molecule has 0 unspecified atom stereocenters. The van der Waals surface area contributed by atoms with Gasteiger partial charge in [0.15, 0.2) is 9.90 Å². The molecule has 1 N–H and O–H groups in total. The zero-order valence-electron chi connectivity index (χ0n) is 9.40. The van der Waals surface area contributed by atoms with Crippen LogP contribution in [0.25, 0.3) is 0 Å². The molecule has 18 heavy (non-hydrogen) atoms. The van der Waals surface area contributed by atoms with Gasteiger partial charge >= 0.3 is 5.97 Å². The van der Waals surface area contributed by atoms with Gasteiger partial charge in [0.05, 0.1) is 12.1 Å². The van der Waals surface area contributed by atoms with E-state index in [-0.39, 0.29) is 10.8 Å². The van der Waals surface area contributed by atoms with Gasteiger partial charge in [0.2, 0.25) is 0 Å². The van der Waals surface area contributed by atoms with Crippen LogP contribution in [0.2, 0.25) is 0 Å². The van der Waals surface area contributed by atoms with Crippen LogP contribution in [0.5, 0.6) is 0 Å². The van der Waals surface area contributed by atoms with Crippen molar-refractivity contribution in [2.75, 3.05) is 26.3 Å². The molecule has 0 aromatic carbocycles. The van der Waals surface area contributed by atoms with E-state index in [1.54, 1.807) is 0 Å². The second kappa shape index (κ2) is 5.31. The lowest BCUT2D eigenvalue weighted by atomic mass is 10.5. The topological polar surface area (TPSA) is 96.8 Å². The van der Waals surface area contributed by atoms with E-state index in [4.69, 9.17) is 9.84 Å². The van der Waals surface area contributed by atoms with E-state index < -0.39 is 21.7 Å². The molecule has 1 aliphatic rings. The van der Waals surface area contributed by atoms with E-state index in [0.29, 0.717) is 26.2 Å². The fourth-order valence-electron chi connectivity index (χ4n) is 1.64. The number of rotatable bonds is 3. The zero-order chi connectivity index (χ0) is 13.2. The largest absolute Gasteiger partial charge is 0.476 e. The molecular formula is C9H12N2O5S2. The maximum Gasteiger partial charge on any atom is 0.356 e. The Balaban J connectivity index is 2.34. The van der Waals surface area contributed by atoms with Gasteiger partial charge in [-0.15, -0.1) is 11.3 Å². The van der Waals surface area contributed by atoms with Crippen LogP contribution in [0.3, 0.4) is 0 Å². The Hall–Kier alpha value is -1.03. The van der Waals surface area contributed by atoms with Gasteiger partial charge in [0.1, 0.15) is 0 Å². The number of aromatic carboxylic acids is 1. The molecule has 1 fully saturated rings. The Morgan fingerprint density at radius 3 is 2.94 bits per heavy atom. The number of ether oxygens (including phenoxy) is 1. The first-order valence-electron chi connectivity index (χ1n) is 5.28. The van der Waals surface area contributed by atoms with Gasteiger partial charge in [-0.25, -0.2) is 18.2 Å². The van der Waals surface area contributed by atoms with Crippen LogP contribution in [0.15, 0.2) is 9.72 Å². The number of carboxylic acid groups (broad SMARTS) is 1. The van der Waals surface area contributed by atoms with Crippen LogP contribution in [-0.4, -0.2) is 55.1 Å². The number of hydrogen-bond donors (Lipinski definition) is 1. The first-order chi connectivity index (χ1) is 8.53. The molecule has 100 valence electrons. The van der Waals surface area contributed by atoms with Crippen LogP contribution in [-0.2, 0) is 14.8 Å². The van der Waals surface area contributed by atoms with Crippen molar-refractivity contribution in [3.8, 4) is 0 Å². The monoisotopic (exact) mass is 292 g/mol. The number of aromatic nitrogens is 1. The number of thiazole rings is 1. The molecule has 1 aromatic heterocycles. The molecule has 1 aromatic rings. The van der Waals surface area contributed by atoms with Crippen LogP contribution in [0, 0.1) is 0 Å². The summed E-state index contributed by atoms with van der Waals surface area (Å²) < 4.78 is 30.8. The minimum Gasteiger partial charge on any atom is -0.476 e. The highest BCUT2D eigenvalue weighted by Gasteiger charge is 2.31. The minimum absolute atomic E-state index is 0.211. The number of sulfonamides is 1. The predicted octanol–water partition coefficient (Wildman–Crippen LogP) is 0.252. The Morgan fingerprint density at radius 1 is 1.44 bits per heavy atom. The van der Waals surface area contributed by atoms with Gasteiger partial charge < -0.3 is 9.84 Å². The smallest absolute Gasteiger partial charge is 0.356 e. The third kappa shape index (κ3) is 2.53. The Labute approximate surface area is 108 Å². The summed E-state index contributed by atoms with van der Waals surface area (Å²) in [6, 6.07) is 0. The maximum atomic E-state index is 12.3. The second-order valence-electron chi connectivity index (χ2n) is 3.66. The molecule has 0 radical (unpaired) electrons. The molecule has 7 nitrogen and oxygen atoms in total. The third-order valence-corrected chi connectivity index (χ3v) is 5.74. The molecule has 1 aliphatic heterocycles. The third-order valence-electron chi connectivity index (χ3n) is 2.49. The lowest BCUT2D eigenvalue weighted by Gasteiger charge is -2.18. The lowest BCUT2D eigenvalue weighted by Crippen LogP contribution is -2.33. The molecule has 0 aliphatic carbocycles. The molecule has 0 saturated carbocycles. The van der Waals surface area contributed by atoms with Crippen LogP contribution in [0.1, 0.15) is 16.9 Å². The van der Waals surface area contributed by atoms with Gasteiger partial charge in [-0.1, -0.05) is 0 Å². The Morgan fingerprint density at radius 2 is 2.22 bits per heavy atom. The van der Waals surface area contributed by atoms with Gasteiger partial charge in [0.25, 0.3) is 10.0 Å². The van der Waals surface area contributed by atoms with Gasteiger partial charge in [0, 0.05) is 19.7 Å². The summed E-state index contributed by atoms with van der Waals surface area (Å²) in [5, 5.41) is 8.91. The van der Waals surface area contributed by atoms with E-state index in [1.807, 2.05) is 0 Å². The van der Waals surface area contributed by atoms with Crippen molar-refractivity contribution in [3.05, 3.63) is 11.2 Å². The molecule has 2 rings (SSSR count). The fourth-order valence-corrected chi connectivity index (χ4v) is 4.38. The first kappa shape index (κ1) is 13.4. The van der Waals surface area contributed by atoms with Gasteiger partial charge in [-0.3, -0.25) is 0 Å². The molecule has 0 bridgehead atoms. The lowest BCUT2D eigenvalue weighted by molar-refractivity contribution is 0.0687. The van der Waals surface area contributed by atoms with Crippen molar-refractivity contribution >= 4 is 27.3 Å². The highest BCUT2D eigenvalue weighted by molar-refractivity contribution is 7.91. The SMILES string of the molecule is O=C(O)c1ncsc1S(=O)(=O)N1CCCOCC1. The van der Waals surface area contributed by atoms with E-state index >= 15 is 0 Å². The molecular weight excluding hydrogens is 280 g/mol. The maximum absolute atomic E-state index is 12.3. The van der Waals surface area contributed by atoms with E-state index in [0.717, 1.165) is 11.3 Å². The number of carbonyl (C=O) groups is 1. The summed E-state index contributed by atoms with van der Waals surface area (Å²) in [7, 11) is -3.79. The first-order valence-corrected chi connectivity index (χ1v) is 7.60. The Bertz CT molecular complexity index is 531. The van der Waals surface area contributed by atoms with E-state index in [2.05, 4.69) is 4.98 Å². The van der Waals surface area contributed by atoms with Crippen LogP contribution in [0.4, 0.5) is 0 Å². The summed E-state index contributed by atoms with van der Waals surface area (Å²) in [4.78, 5) is 14.5. The molecule has 0 atom stereocenters. The zero-order valence-corrected chi connectivity index (χ0v) is 11.0. The van der Waals surface area contributed by atoms with Crippen LogP contribution < -0.4 is 0 Å². The van der Waals surface area contributed by atoms with Crippen molar-refractivity contribution in [1.82, 2.24) is 9.29 Å². The fraction of sp³-hybridized carbons (Fsp3) is 0.556. The van der Waals surface area contributed by atoms with Crippen molar-refractivity contribution in [1.29, 1.82) is 0 Å². The minimum atomic E-state index is -3.79. The summed E-state index contributed by atoms with van der Waals surface area (Å²) in [5.74, 6) is -1.33. The van der Waals surface area contributed by atoms with Crippen molar-refractivity contribution in [2.24, 2.45) is 0 Å². The molecule has 0 amide bonds. The number of hydrogen-bond acceptors (Lipinski definition) is 6. The van der Waals surface area contributed by atoms with Gasteiger partial charge in [-0.2, -0.15) is 4.31 Å². The van der Waals surface area contributed by atoms with E-state index in [9.17, 15) is 13.2 Å². The number of carboxylic acids is 1. The average Bonchev–Trinajstić information content (AvgIpc) is 2.65. The van der Waals surface area contributed by atoms with Crippen molar-refractivity contribution in [2.45, 2.75) is 10.6 Å². The summed E-state index contributed by atoms with van der Waals surface area (Å²) in [5.41, 5.74) is 0.815. The average molecular weight is 292 g/mol. The van der Waals surface area contributed by atoms with E-state index in [1.165, 1.54) is 9.82 Å². The highest BCUT2D eigenvalue weighted by Crippen LogP contribution is 2.24. The quantitative estimate of drug-likeness (QED) is 0.858. The molecule has 0 spiro atoms. The highest BCUT2D eigenvalue weighted by atomic mass is 32.2. The van der Waals surface area contributed by atoms with Gasteiger partial charge in [-0.05, 0) is 6.42 Å². The van der Waals surface area contributed by atoms with Crippen LogP contribution >= 0.6 is 11.3 Å². The molecule has 1 saturated heterocycles. The molecule has 2 heterocycles. The predicted molar refractivity (Wildman–Crippen MR) is 63.3 cm³/mol. The van der Waals surface area contributed by atoms with Crippen molar-refractivity contribution in [3.63, 3.8) is 0 Å².